The van der Waals surface area contributed by atoms with Gasteiger partial charge in [-0.05, 0) is 50.7 Å². The predicted molar refractivity (Wildman–Crippen MR) is 82.8 cm³/mol. The summed E-state index contributed by atoms with van der Waals surface area (Å²) in [7, 11) is 1.76. The Balaban J connectivity index is 2.33. The van der Waals surface area contributed by atoms with Crippen molar-refractivity contribution in [3.8, 4) is 0 Å². The highest BCUT2D eigenvalue weighted by atomic mass is 16.5. The molecule has 0 heterocycles. The number of rotatable bonds is 9. The Morgan fingerprint density at radius 3 is 2.35 bits per heavy atom. The van der Waals surface area contributed by atoms with Gasteiger partial charge in [0, 0.05) is 7.11 Å². The Bertz CT molecular complexity index is 400. The van der Waals surface area contributed by atoms with E-state index in [-0.39, 0.29) is 11.8 Å². The normalized spacial score (nSPS) is 14.0. The van der Waals surface area contributed by atoms with Crippen LogP contribution >= 0.6 is 0 Å². The van der Waals surface area contributed by atoms with Crippen LogP contribution in [0.5, 0.6) is 0 Å². The first kappa shape index (κ1) is 16.9. The molecule has 2 N–H and O–H groups in total. The molecule has 3 nitrogen and oxygen atoms in total. The van der Waals surface area contributed by atoms with Gasteiger partial charge in [0.15, 0.2) is 0 Å². The molecule has 0 spiro atoms. The van der Waals surface area contributed by atoms with Crippen LogP contribution in [0.2, 0.25) is 0 Å². The van der Waals surface area contributed by atoms with E-state index in [2.05, 4.69) is 31.2 Å². The molecule has 112 valence electrons. The van der Waals surface area contributed by atoms with Crippen LogP contribution in [0, 0.1) is 0 Å². The second kappa shape index (κ2) is 8.88. The molecule has 0 radical (unpaired) electrons. The molecule has 0 saturated heterocycles. The number of ether oxygens (including phenoxy) is 1. The summed E-state index contributed by atoms with van der Waals surface area (Å²) in [5.41, 5.74) is 8.24. The molecule has 0 aromatic heterocycles. The van der Waals surface area contributed by atoms with Crippen LogP contribution in [-0.4, -0.2) is 25.0 Å². The summed E-state index contributed by atoms with van der Waals surface area (Å²) in [6, 6.07) is 8.06. The molecule has 2 atom stereocenters. The lowest BCUT2D eigenvalue weighted by Gasteiger charge is -2.10. The van der Waals surface area contributed by atoms with Crippen LogP contribution in [0.3, 0.4) is 0 Å². The molecule has 2 unspecified atom stereocenters. The van der Waals surface area contributed by atoms with E-state index in [1.807, 2.05) is 0 Å². The van der Waals surface area contributed by atoms with Crippen LogP contribution in [0.4, 0.5) is 0 Å². The zero-order chi connectivity index (χ0) is 15.0. The Morgan fingerprint density at radius 1 is 1.20 bits per heavy atom. The molecule has 0 fully saturated rings. The number of methoxy groups -OCH3 is 1. The lowest BCUT2D eigenvalue weighted by Crippen LogP contribution is -2.30. The van der Waals surface area contributed by atoms with E-state index >= 15 is 0 Å². The number of Topliss-reactive ketones (excluding diaryl/α,β-unsaturated/α-hetero) is 1. The molecule has 1 aromatic rings. The number of nitrogens with two attached hydrogens (primary N) is 1. The fourth-order valence-corrected chi connectivity index (χ4v) is 2.12. The van der Waals surface area contributed by atoms with Crippen molar-refractivity contribution in [2.75, 3.05) is 7.11 Å². The predicted octanol–water partition coefficient (Wildman–Crippen LogP) is 2.89. The topological polar surface area (TPSA) is 52.3 Å². The lowest BCUT2D eigenvalue weighted by molar-refractivity contribution is -0.118. The standard InChI is InChI=1S/C17H27NO2/c1-13(20-3)6-4-5-7-15-8-10-16(11-9-15)12-17(18)14(2)19/h8-11,13,17H,4-7,12,18H2,1-3H3. The third kappa shape index (κ3) is 6.31. The second-order valence-corrected chi connectivity index (χ2v) is 5.53. The summed E-state index contributed by atoms with van der Waals surface area (Å²) >= 11 is 0. The Kier molecular flexibility index (Phi) is 7.48. The van der Waals surface area contributed by atoms with Crippen LogP contribution in [-0.2, 0) is 22.4 Å². The first-order valence-electron chi connectivity index (χ1n) is 7.39. The molecule has 1 aromatic carbocycles. The molecular weight excluding hydrogens is 250 g/mol. The average molecular weight is 277 g/mol. The highest BCUT2D eigenvalue weighted by Crippen LogP contribution is 2.11. The van der Waals surface area contributed by atoms with Gasteiger partial charge in [-0.1, -0.05) is 30.7 Å². The molecule has 0 amide bonds. The van der Waals surface area contributed by atoms with Crippen molar-refractivity contribution in [1.29, 1.82) is 0 Å². The van der Waals surface area contributed by atoms with Crippen molar-refractivity contribution >= 4 is 5.78 Å². The zero-order valence-corrected chi connectivity index (χ0v) is 12.9. The van der Waals surface area contributed by atoms with Crippen LogP contribution in [0.15, 0.2) is 24.3 Å². The number of carbonyl (C=O) groups is 1. The van der Waals surface area contributed by atoms with E-state index in [4.69, 9.17) is 10.5 Å². The Morgan fingerprint density at radius 2 is 1.80 bits per heavy atom. The maximum Gasteiger partial charge on any atom is 0.146 e. The molecule has 0 aliphatic carbocycles. The number of hydrogen-bond donors (Lipinski definition) is 1. The fourth-order valence-electron chi connectivity index (χ4n) is 2.12. The van der Waals surface area contributed by atoms with E-state index in [9.17, 15) is 4.79 Å². The number of carbonyl (C=O) groups excluding carboxylic acids is 1. The zero-order valence-electron chi connectivity index (χ0n) is 12.9. The minimum Gasteiger partial charge on any atom is -0.382 e. The number of unbranched alkanes of at least 4 members (excludes halogenated alkanes) is 1. The average Bonchev–Trinajstić information content (AvgIpc) is 2.44. The summed E-state index contributed by atoms with van der Waals surface area (Å²) in [6.07, 6.45) is 5.55. The van der Waals surface area contributed by atoms with Gasteiger partial charge in [-0.25, -0.2) is 0 Å². The minimum absolute atomic E-state index is 0.0429. The van der Waals surface area contributed by atoms with E-state index in [0.29, 0.717) is 12.5 Å². The smallest absolute Gasteiger partial charge is 0.146 e. The van der Waals surface area contributed by atoms with Crippen LogP contribution < -0.4 is 5.73 Å². The molecule has 0 saturated carbocycles. The van der Waals surface area contributed by atoms with Gasteiger partial charge in [0.1, 0.15) is 5.78 Å². The highest BCUT2D eigenvalue weighted by molar-refractivity contribution is 5.81. The van der Waals surface area contributed by atoms with Gasteiger partial charge in [-0.3, -0.25) is 4.79 Å². The van der Waals surface area contributed by atoms with E-state index in [1.54, 1.807) is 14.0 Å². The third-order valence-electron chi connectivity index (χ3n) is 3.73. The van der Waals surface area contributed by atoms with Crippen LogP contribution in [0.25, 0.3) is 0 Å². The van der Waals surface area contributed by atoms with E-state index < -0.39 is 0 Å². The van der Waals surface area contributed by atoms with Crippen molar-refractivity contribution in [2.24, 2.45) is 5.73 Å². The molecule has 1 rings (SSSR count). The summed E-state index contributed by atoms with van der Waals surface area (Å²) in [5.74, 6) is 0.0429. The van der Waals surface area contributed by atoms with Gasteiger partial charge in [0.25, 0.3) is 0 Å². The SMILES string of the molecule is COC(C)CCCCc1ccc(CC(N)C(C)=O)cc1. The van der Waals surface area contributed by atoms with Gasteiger partial charge in [-0.15, -0.1) is 0 Å². The van der Waals surface area contributed by atoms with Gasteiger partial charge < -0.3 is 10.5 Å². The molecular formula is C17H27NO2. The van der Waals surface area contributed by atoms with Gasteiger partial charge in [0.2, 0.25) is 0 Å². The lowest BCUT2D eigenvalue weighted by atomic mass is 10.0. The molecule has 0 aliphatic rings. The highest BCUT2D eigenvalue weighted by Gasteiger charge is 2.08. The molecule has 3 heteroatoms. The second-order valence-electron chi connectivity index (χ2n) is 5.53. The van der Waals surface area contributed by atoms with E-state index in [1.165, 1.54) is 18.4 Å². The maximum absolute atomic E-state index is 11.1. The minimum atomic E-state index is -0.378. The van der Waals surface area contributed by atoms with Crippen molar-refractivity contribution in [1.82, 2.24) is 0 Å². The summed E-state index contributed by atoms with van der Waals surface area (Å²) in [4.78, 5) is 11.1. The van der Waals surface area contributed by atoms with Crippen molar-refractivity contribution in [3.05, 3.63) is 35.4 Å². The van der Waals surface area contributed by atoms with Crippen molar-refractivity contribution < 1.29 is 9.53 Å². The number of ketones is 1. The molecule has 0 bridgehead atoms. The number of hydrogen-bond acceptors (Lipinski definition) is 3. The third-order valence-corrected chi connectivity index (χ3v) is 3.73. The molecule has 20 heavy (non-hydrogen) atoms. The Hall–Kier alpha value is -1.19. The Labute approximate surface area is 122 Å². The fraction of sp³-hybridized carbons (Fsp3) is 0.588. The van der Waals surface area contributed by atoms with Crippen LogP contribution in [0.1, 0.15) is 44.2 Å². The largest absolute Gasteiger partial charge is 0.382 e. The van der Waals surface area contributed by atoms with Crippen molar-refractivity contribution in [2.45, 2.75) is 58.1 Å². The van der Waals surface area contributed by atoms with E-state index in [0.717, 1.165) is 18.4 Å². The first-order valence-corrected chi connectivity index (χ1v) is 7.39. The van der Waals surface area contributed by atoms with Gasteiger partial charge in [0.05, 0.1) is 12.1 Å². The maximum atomic E-state index is 11.1. The summed E-state index contributed by atoms with van der Waals surface area (Å²) in [5, 5.41) is 0. The van der Waals surface area contributed by atoms with Gasteiger partial charge in [-0.2, -0.15) is 0 Å². The first-order chi connectivity index (χ1) is 9.52. The number of benzene rings is 1. The summed E-state index contributed by atoms with van der Waals surface area (Å²) < 4.78 is 5.24. The quantitative estimate of drug-likeness (QED) is 0.706. The monoisotopic (exact) mass is 277 g/mol. The van der Waals surface area contributed by atoms with Gasteiger partial charge >= 0.3 is 0 Å². The molecule has 0 aliphatic heterocycles. The summed E-state index contributed by atoms with van der Waals surface area (Å²) in [6.45, 7) is 3.65. The number of aryl methyl sites for hydroxylation is 1. The van der Waals surface area contributed by atoms with Crippen molar-refractivity contribution in [3.63, 3.8) is 0 Å².